The van der Waals surface area contributed by atoms with Gasteiger partial charge in [-0.25, -0.2) is 4.39 Å². The van der Waals surface area contributed by atoms with E-state index in [4.69, 9.17) is 0 Å². The minimum absolute atomic E-state index is 0.802. The van der Waals surface area contributed by atoms with E-state index in [2.05, 4.69) is 0 Å². The van der Waals surface area contributed by atoms with Crippen LogP contribution in [-0.4, -0.2) is 17.0 Å². The monoisotopic (exact) mass is 260 g/mol. The maximum absolute atomic E-state index is 12.5. The summed E-state index contributed by atoms with van der Waals surface area (Å²) in [5, 5.41) is -3.76. The standard InChI is InChI=1S/C5H5F7P2/c6-2(7)1-3(8,9)4(10,11)5(12,13)14/h1H,13-14H2. The molecule has 0 saturated carbocycles. The topological polar surface area (TPSA) is 0 Å². The lowest BCUT2D eigenvalue weighted by atomic mass is 10.2. The lowest BCUT2D eigenvalue weighted by Gasteiger charge is -2.30. The quantitative estimate of drug-likeness (QED) is 0.538. The van der Waals surface area contributed by atoms with Crippen LogP contribution in [0.15, 0.2) is 12.2 Å². The van der Waals surface area contributed by atoms with Crippen LogP contribution in [0.25, 0.3) is 0 Å². The van der Waals surface area contributed by atoms with Crippen molar-refractivity contribution in [1.82, 2.24) is 0 Å². The van der Waals surface area contributed by atoms with Crippen molar-refractivity contribution in [2.75, 3.05) is 0 Å². The molecule has 14 heavy (non-hydrogen) atoms. The van der Waals surface area contributed by atoms with Gasteiger partial charge in [0, 0.05) is 0 Å². The van der Waals surface area contributed by atoms with Crippen LogP contribution in [0.2, 0.25) is 0 Å². The molecule has 0 aliphatic rings. The summed E-state index contributed by atoms with van der Waals surface area (Å²) in [7, 11) is 1.60. The van der Waals surface area contributed by atoms with E-state index in [0.29, 0.717) is 0 Å². The van der Waals surface area contributed by atoms with Crippen LogP contribution in [0.3, 0.4) is 0 Å². The summed E-state index contributed by atoms with van der Waals surface area (Å²) >= 11 is 0. The molecule has 0 spiro atoms. The van der Waals surface area contributed by atoms with Gasteiger partial charge in [-0.3, -0.25) is 0 Å². The number of alkyl halides is 5. The molecule has 0 rings (SSSR count). The molecule has 2 unspecified atom stereocenters. The molecule has 0 heterocycles. The highest BCUT2D eigenvalue weighted by Gasteiger charge is 2.65. The van der Waals surface area contributed by atoms with Crippen molar-refractivity contribution in [3.8, 4) is 0 Å². The predicted molar refractivity (Wildman–Crippen MR) is 43.5 cm³/mol. The van der Waals surface area contributed by atoms with E-state index in [0.717, 1.165) is 18.5 Å². The second-order valence-corrected chi connectivity index (χ2v) is 4.75. The zero-order chi connectivity index (χ0) is 11.8. The Morgan fingerprint density at radius 3 is 1.50 bits per heavy atom. The molecule has 0 aromatic carbocycles. The number of hydrogen-bond donors (Lipinski definition) is 0. The molecule has 0 saturated heterocycles. The van der Waals surface area contributed by atoms with Gasteiger partial charge in [0.2, 0.25) is 5.15 Å². The normalized spacial score (nSPS) is 14.1. The van der Waals surface area contributed by atoms with Gasteiger partial charge in [0.25, 0.3) is 6.08 Å². The Morgan fingerprint density at radius 2 is 1.29 bits per heavy atom. The Hall–Kier alpha value is 0.110. The highest BCUT2D eigenvalue weighted by molar-refractivity contribution is 7.39. The van der Waals surface area contributed by atoms with Crippen molar-refractivity contribution in [2.24, 2.45) is 0 Å². The first-order valence-corrected chi connectivity index (χ1v) is 4.13. The Labute approximate surface area is 79.3 Å². The van der Waals surface area contributed by atoms with Crippen molar-refractivity contribution >= 4 is 18.5 Å². The summed E-state index contributed by atoms with van der Waals surface area (Å²) in [4.78, 5) is 0. The zero-order valence-electron chi connectivity index (χ0n) is 6.38. The third-order valence-corrected chi connectivity index (χ3v) is 1.92. The smallest absolute Gasteiger partial charge is 0.228 e. The van der Waals surface area contributed by atoms with Crippen LogP contribution in [-0.2, 0) is 0 Å². The van der Waals surface area contributed by atoms with Gasteiger partial charge in [-0.05, 0) is 0 Å². The Kier molecular flexibility index (Phi) is 3.96. The maximum atomic E-state index is 12.5. The van der Waals surface area contributed by atoms with E-state index in [9.17, 15) is 30.7 Å². The van der Waals surface area contributed by atoms with Crippen molar-refractivity contribution < 1.29 is 30.7 Å². The molecule has 0 nitrogen and oxygen atoms in total. The lowest BCUT2D eigenvalue weighted by Crippen LogP contribution is -2.49. The largest absolute Gasteiger partial charge is 0.353 e. The third-order valence-electron chi connectivity index (χ3n) is 1.19. The molecule has 84 valence electrons. The highest BCUT2D eigenvalue weighted by atomic mass is 31.1. The van der Waals surface area contributed by atoms with Crippen molar-refractivity contribution in [1.29, 1.82) is 0 Å². The molecule has 0 amide bonds. The van der Waals surface area contributed by atoms with Crippen molar-refractivity contribution in [3.05, 3.63) is 12.2 Å². The molecule has 0 aliphatic carbocycles. The Bertz CT molecular complexity index is 237. The highest BCUT2D eigenvalue weighted by Crippen LogP contribution is 2.52. The summed E-state index contributed by atoms with van der Waals surface area (Å²) in [5.74, 6) is -10.5. The van der Waals surface area contributed by atoms with Gasteiger partial charge in [-0.2, -0.15) is 26.3 Å². The molecule has 0 N–H and O–H groups in total. The van der Waals surface area contributed by atoms with Crippen molar-refractivity contribution in [3.63, 3.8) is 0 Å². The Balaban J connectivity index is 5.18. The molecular formula is C5H5F7P2. The number of rotatable bonds is 3. The molecule has 0 fully saturated rings. The van der Waals surface area contributed by atoms with E-state index >= 15 is 0 Å². The van der Waals surface area contributed by atoms with Crippen LogP contribution < -0.4 is 0 Å². The first kappa shape index (κ1) is 14.1. The second-order valence-electron chi connectivity index (χ2n) is 2.40. The molecule has 9 heteroatoms. The van der Waals surface area contributed by atoms with E-state index < -0.39 is 29.2 Å². The SMILES string of the molecule is FC(F)=CC(F)(F)C(F)(F)C(F)(P)P. The molecule has 2 atom stereocenters. The van der Waals surface area contributed by atoms with Crippen LogP contribution in [0, 0.1) is 0 Å². The predicted octanol–water partition coefficient (Wildman–Crippen LogP) is 3.41. The minimum atomic E-state index is -5.27. The minimum Gasteiger partial charge on any atom is -0.228 e. The molecular weight excluding hydrogens is 255 g/mol. The van der Waals surface area contributed by atoms with Crippen LogP contribution in [0.4, 0.5) is 30.7 Å². The molecule has 0 aromatic rings. The maximum Gasteiger partial charge on any atom is 0.353 e. The summed E-state index contributed by atoms with van der Waals surface area (Å²) in [6.45, 7) is 0. The third kappa shape index (κ3) is 2.80. The summed E-state index contributed by atoms with van der Waals surface area (Å²) in [5.41, 5.74) is 0. The summed E-state index contributed by atoms with van der Waals surface area (Å²) in [6.07, 6.45) is -4.29. The summed E-state index contributed by atoms with van der Waals surface area (Å²) in [6, 6.07) is 0. The average molecular weight is 260 g/mol. The van der Waals surface area contributed by atoms with Gasteiger partial charge in [-0.1, -0.05) is 18.5 Å². The van der Waals surface area contributed by atoms with Crippen LogP contribution >= 0.6 is 18.5 Å². The van der Waals surface area contributed by atoms with Gasteiger partial charge in [0.05, 0.1) is 6.08 Å². The number of halogens is 7. The first-order valence-electron chi connectivity index (χ1n) is 2.98. The zero-order valence-corrected chi connectivity index (χ0v) is 8.69. The van der Waals surface area contributed by atoms with Gasteiger partial charge in [0.1, 0.15) is 0 Å². The second kappa shape index (κ2) is 3.93. The van der Waals surface area contributed by atoms with Gasteiger partial charge < -0.3 is 0 Å². The molecule has 0 aromatic heterocycles. The summed E-state index contributed by atoms with van der Waals surface area (Å²) < 4.78 is 85.1. The van der Waals surface area contributed by atoms with Crippen LogP contribution in [0.1, 0.15) is 0 Å². The first-order chi connectivity index (χ1) is 5.92. The average Bonchev–Trinajstić information content (AvgIpc) is 1.80. The fraction of sp³-hybridized carbons (Fsp3) is 0.600. The Morgan fingerprint density at radius 1 is 0.929 bits per heavy atom. The molecule has 0 bridgehead atoms. The van der Waals surface area contributed by atoms with E-state index in [1.165, 1.54) is 0 Å². The van der Waals surface area contributed by atoms with Crippen molar-refractivity contribution in [2.45, 2.75) is 17.0 Å². The lowest BCUT2D eigenvalue weighted by molar-refractivity contribution is -0.205. The van der Waals surface area contributed by atoms with Gasteiger partial charge >= 0.3 is 11.8 Å². The fourth-order valence-corrected chi connectivity index (χ4v) is 0.868. The van der Waals surface area contributed by atoms with Gasteiger partial charge in [0.15, 0.2) is 0 Å². The molecule has 0 aliphatic heterocycles. The van der Waals surface area contributed by atoms with E-state index in [1.54, 1.807) is 0 Å². The van der Waals surface area contributed by atoms with E-state index in [-0.39, 0.29) is 0 Å². The van der Waals surface area contributed by atoms with Gasteiger partial charge in [-0.15, -0.1) is 0 Å². The number of hydrogen-bond acceptors (Lipinski definition) is 0. The number of allylic oxidation sites excluding steroid dienone is 1. The van der Waals surface area contributed by atoms with Crippen LogP contribution in [0.5, 0.6) is 0 Å². The fourth-order valence-electron chi connectivity index (χ4n) is 0.483. The molecule has 0 radical (unpaired) electrons. The van der Waals surface area contributed by atoms with E-state index in [1.807, 2.05) is 0 Å².